The van der Waals surface area contributed by atoms with Crippen molar-refractivity contribution in [3.8, 4) is 11.5 Å². The first-order valence-corrected chi connectivity index (χ1v) is 13.6. The van der Waals surface area contributed by atoms with Gasteiger partial charge in [-0.2, -0.15) is 0 Å². The summed E-state index contributed by atoms with van der Waals surface area (Å²) in [4.78, 5) is 0. The van der Waals surface area contributed by atoms with Crippen LogP contribution in [0.15, 0.2) is 24.3 Å². The molecule has 2 aromatic rings. The van der Waals surface area contributed by atoms with Crippen molar-refractivity contribution in [1.29, 1.82) is 0 Å². The molecule has 0 saturated carbocycles. The minimum absolute atomic E-state index is 0.0940. The van der Waals surface area contributed by atoms with Crippen molar-refractivity contribution in [1.82, 2.24) is 0 Å². The van der Waals surface area contributed by atoms with Crippen LogP contribution < -0.4 is 9.47 Å². The summed E-state index contributed by atoms with van der Waals surface area (Å²) in [6.45, 7) is 24.6. The van der Waals surface area contributed by atoms with Gasteiger partial charge in [-0.3, -0.25) is 0 Å². The molecule has 0 saturated heterocycles. The Kier molecular flexibility index (Phi) is 9.69. The Balaban J connectivity index is 2.68. The predicted molar refractivity (Wildman–Crippen MR) is 148 cm³/mol. The average molecular weight is 467 g/mol. The minimum atomic E-state index is -0.294. The fourth-order valence-electron chi connectivity index (χ4n) is 6.29. The molecule has 0 aliphatic rings. The number of hydrogen-bond acceptors (Lipinski definition) is 2. The van der Waals surface area contributed by atoms with Crippen LogP contribution in [0.3, 0.4) is 0 Å². The van der Waals surface area contributed by atoms with Crippen LogP contribution in [0.1, 0.15) is 113 Å². The quantitative estimate of drug-likeness (QED) is 0.310. The molecule has 0 heterocycles. The van der Waals surface area contributed by atoms with Gasteiger partial charge in [-0.25, -0.2) is 0 Å². The zero-order valence-corrected chi connectivity index (χ0v) is 23.9. The predicted octanol–water partition coefficient (Wildman–Crippen LogP) is 9.49. The topological polar surface area (TPSA) is 18.5 Å². The van der Waals surface area contributed by atoms with Crippen LogP contribution in [0.4, 0.5) is 0 Å². The summed E-state index contributed by atoms with van der Waals surface area (Å²) in [6, 6.07) is 9.26. The SMILES string of the molecule is CCC(CC)Oc1c(C)cc(C(CC)(CC)C(CC)(CC)Oc2c(C)cc(C)cc2C)cc1C. The molecule has 0 fully saturated rings. The van der Waals surface area contributed by atoms with E-state index in [0.717, 1.165) is 50.0 Å². The Labute approximate surface area is 210 Å². The van der Waals surface area contributed by atoms with E-state index >= 15 is 0 Å². The van der Waals surface area contributed by atoms with Gasteiger partial charge in [-0.05, 0) is 101 Å². The van der Waals surface area contributed by atoms with E-state index in [1.807, 2.05) is 0 Å². The summed E-state index contributed by atoms with van der Waals surface area (Å²) in [7, 11) is 0. The second-order valence-corrected chi connectivity index (χ2v) is 10.3. The third-order valence-corrected chi connectivity index (χ3v) is 8.33. The number of ether oxygens (including phenoxy) is 2. The fraction of sp³-hybridized carbons (Fsp3) is 0.625. The molecule has 0 aliphatic carbocycles. The molecule has 0 aromatic heterocycles. The molecule has 34 heavy (non-hydrogen) atoms. The number of hydrogen-bond donors (Lipinski definition) is 0. The lowest BCUT2D eigenvalue weighted by Crippen LogP contribution is -2.55. The van der Waals surface area contributed by atoms with E-state index in [9.17, 15) is 0 Å². The lowest BCUT2D eigenvalue weighted by Gasteiger charge is -2.50. The van der Waals surface area contributed by atoms with Crippen molar-refractivity contribution in [3.63, 3.8) is 0 Å². The van der Waals surface area contributed by atoms with Gasteiger partial charge in [0.05, 0.1) is 6.10 Å². The highest BCUT2D eigenvalue weighted by Gasteiger charge is 2.50. The first-order chi connectivity index (χ1) is 16.1. The van der Waals surface area contributed by atoms with Crippen LogP contribution in [0, 0.1) is 34.6 Å². The molecule has 0 amide bonds. The molecule has 190 valence electrons. The molecule has 0 unspecified atom stereocenters. The van der Waals surface area contributed by atoms with Gasteiger partial charge in [0.2, 0.25) is 0 Å². The lowest BCUT2D eigenvalue weighted by molar-refractivity contribution is -0.0293. The van der Waals surface area contributed by atoms with Crippen LogP contribution in [-0.4, -0.2) is 11.7 Å². The monoisotopic (exact) mass is 466 g/mol. The van der Waals surface area contributed by atoms with Crippen LogP contribution >= 0.6 is 0 Å². The lowest BCUT2D eigenvalue weighted by atomic mass is 9.61. The maximum Gasteiger partial charge on any atom is 0.126 e. The Morgan fingerprint density at radius 1 is 0.618 bits per heavy atom. The van der Waals surface area contributed by atoms with Crippen LogP contribution in [0.25, 0.3) is 0 Å². The van der Waals surface area contributed by atoms with Gasteiger partial charge in [0.1, 0.15) is 17.1 Å². The van der Waals surface area contributed by atoms with E-state index in [2.05, 4.69) is 100 Å². The van der Waals surface area contributed by atoms with Gasteiger partial charge in [0, 0.05) is 5.41 Å². The van der Waals surface area contributed by atoms with Gasteiger partial charge < -0.3 is 9.47 Å². The van der Waals surface area contributed by atoms with Crippen LogP contribution in [0.5, 0.6) is 11.5 Å². The summed E-state index contributed by atoms with van der Waals surface area (Å²) >= 11 is 0. The molecule has 0 atom stereocenters. The van der Waals surface area contributed by atoms with Crippen molar-refractivity contribution in [2.45, 2.75) is 132 Å². The van der Waals surface area contributed by atoms with E-state index in [4.69, 9.17) is 9.47 Å². The van der Waals surface area contributed by atoms with E-state index < -0.39 is 0 Å². The molecule has 0 aliphatic heterocycles. The number of benzene rings is 2. The highest BCUT2D eigenvalue weighted by atomic mass is 16.5. The third kappa shape index (κ3) is 5.16. The minimum Gasteiger partial charge on any atom is -0.490 e. The molecular formula is C32H50O2. The molecule has 0 radical (unpaired) electrons. The molecule has 2 heteroatoms. The van der Waals surface area contributed by atoms with Crippen molar-refractivity contribution in [2.75, 3.05) is 0 Å². The molecule has 2 rings (SSSR count). The van der Waals surface area contributed by atoms with Gasteiger partial charge in [0.25, 0.3) is 0 Å². The molecule has 2 aromatic carbocycles. The Bertz CT molecular complexity index is 897. The van der Waals surface area contributed by atoms with E-state index in [-0.39, 0.29) is 17.1 Å². The third-order valence-electron chi connectivity index (χ3n) is 8.33. The molecule has 0 N–H and O–H groups in total. The number of rotatable bonds is 12. The standard InChI is InChI=1S/C32H50O2/c1-12-28(13-2)33-29-25(10)20-27(21-26(29)11)31(14-3,15-4)32(16-5,17-6)34-30-23(8)18-22(7)19-24(30)9/h18-21,28H,12-17H2,1-11H3. The van der Waals surface area contributed by atoms with Gasteiger partial charge in [0.15, 0.2) is 0 Å². The van der Waals surface area contributed by atoms with Gasteiger partial charge in [-0.15, -0.1) is 0 Å². The normalized spacial score (nSPS) is 12.4. The maximum absolute atomic E-state index is 7.20. The zero-order valence-electron chi connectivity index (χ0n) is 23.9. The van der Waals surface area contributed by atoms with Crippen molar-refractivity contribution in [2.24, 2.45) is 0 Å². The zero-order chi connectivity index (χ0) is 25.7. The van der Waals surface area contributed by atoms with Gasteiger partial charge in [-0.1, -0.05) is 71.4 Å². The Morgan fingerprint density at radius 2 is 1.06 bits per heavy atom. The Morgan fingerprint density at radius 3 is 1.44 bits per heavy atom. The summed E-state index contributed by atoms with van der Waals surface area (Å²) in [6.07, 6.45) is 6.31. The van der Waals surface area contributed by atoms with Crippen molar-refractivity contribution >= 4 is 0 Å². The maximum atomic E-state index is 7.20. The second-order valence-electron chi connectivity index (χ2n) is 10.3. The first kappa shape index (κ1) is 28.3. The highest BCUT2D eigenvalue weighted by Crippen LogP contribution is 2.50. The van der Waals surface area contributed by atoms with E-state index in [1.54, 1.807) is 0 Å². The Hall–Kier alpha value is -1.96. The fourth-order valence-corrected chi connectivity index (χ4v) is 6.29. The van der Waals surface area contributed by atoms with E-state index in [1.165, 1.54) is 33.4 Å². The summed E-state index contributed by atoms with van der Waals surface area (Å²) in [5.41, 5.74) is 7.21. The first-order valence-electron chi connectivity index (χ1n) is 13.6. The van der Waals surface area contributed by atoms with Crippen molar-refractivity contribution < 1.29 is 9.47 Å². The van der Waals surface area contributed by atoms with Crippen LogP contribution in [0.2, 0.25) is 0 Å². The van der Waals surface area contributed by atoms with Crippen molar-refractivity contribution in [3.05, 3.63) is 57.6 Å². The number of aryl methyl sites for hydroxylation is 5. The molecular weight excluding hydrogens is 416 g/mol. The molecule has 2 nitrogen and oxygen atoms in total. The molecule has 0 bridgehead atoms. The van der Waals surface area contributed by atoms with Crippen LogP contribution in [-0.2, 0) is 5.41 Å². The smallest absolute Gasteiger partial charge is 0.126 e. The highest BCUT2D eigenvalue weighted by molar-refractivity contribution is 5.48. The van der Waals surface area contributed by atoms with Gasteiger partial charge >= 0.3 is 0 Å². The summed E-state index contributed by atoms with van der Waals surface area (Å²) < 4.78 is 13.7. The molecule has 0 spiro atoms. The average Bonchev–Trinajstić information content (AvgIpc) is 2.80. The summed E-state index contributed by atoms with van der Waals surface area (Å²) in [5, 5.41) is 0. The summed E-state index contributed by atoms with van der Waals surface area (Å²) in [5.74, 6) is 2.12. The largest absolute Gasteiger partial charge is 0.490 e. The second kappa shape index (κ2) is 11.6. The van der Waals surface area contributed by atoms with E-state index in [0.29, 0.717) is 0 Å².